The Kier molecular flexibility index (Phi) is 9.62. The number of benzene rings is 1. The highest BCUT2D eigenvalue weighted by molar-refractivity contribution is 5.89. The highest BCUT2D eigenvalue weighted by atomic mass is 16.5. The van der Waals surface area contributed by atoms with Crippen molar-refractivity contribution in [1.29, 1.82) is 0 Å². The van der Waals surface area contributed by atoms with E-state index in [1.165, 1.54) is 0 Å². The number of likely N-dealkylation sites (tertiary alicyclic amines) is 1. The van der Waals surface area contributed by atoms with Gasteiger partial charge in [-0.2, -0.15) is 0 Å². The van der Waals surface area contributed by atoms with Gasteiger partial charge in [0.05, 0.1) is 23.8 Å². The van der Waals surface area contributed by atoms with Crippen molar-refractivity contribution in [3.8, 4) is 6.01 Å². The van der Waals surface area contributed by atoms with E-state index in [4.69, 9.17) is 24.4 Å². The lowest BCUT2D eigenvalue weighted by molar-refractivity contribution is -0.134. The van der Waals surface area contributed by atoms with Crippen molar-refractivity contribution in [2.24, 2.45) is 0 Å². The Labute approximate surface area is 224 Å². The van der Waals surface area contributed by atoms with E-state index in [1.807, 2.05) is 24.3 Å². The van der Waals surface area contributed by atoms with E-state index in [9.17, 15) is 9.59 Å². The van der Waals surface area contributed by atoms with E-state index in [0.29, 0.717) is 37.4 Å². The summed E-state index contributed by atoms with van der Waals surface area (Å²) in [4.78, 5) is 34.6. The van der Waals surface area contributed by atoms with E-state index in [1.54, 1.807) is 24.7 Å². The smallest absolute Gasteiger partial charge is 0.328 e. The second-order valence-electron chi connectivity index (χ2n) is 8.74. The van der Waals surface area contributed by atoms with E-state index in [0.717, 1.165) is 55.2 Å². The number of hydrogen-bond donors (Lipinski definition) is 3. The summed E-state index contributed by atoms with van der Waals surface area (Å²) in [6.07, 6.45) is 8.34. The molecule has 0 bridgehead atoms. The molecule has 4 heterocycles. The van der Waals surface area contributed by atoms with Gasteiger partial charge in [0.2, 0.25) is 5.95 Å². The Morgan fingerprint density at radius 3 is 2.41 bits per heavy atom. The Hall–Kier alpha value is -4.71. The molecule has 1 aliphatic heterocycles. The van der Waals surface area contributed by atoms with Gasteiger partial charge in [0.25, 0.3) is 0 Å². The molecule has 1 aromatic carbocycles. The molecule has 12 heteroatoms. The van der Waals surface area contributed by atoms with Gasteiger partial charge in [-0.3, -0.25) is 4.90 Å². The summed E-state index contributed by atoms with van der Waals surface area (Å²) < 4.78 is 13.4. The van der Waals surface area contributed by atoms with E-state index in [2.05, 4.69) is 36.9 Å². The number of para-hydroxylation sites is 2. The van der Waals surface area contributed by atoms with Crippen LogP contribution in [0.25, 0.3) is 11.0 Å². The summed E-state index contributed by atoms with van der Waals surface area (Å²) in [5.41, 5.74) is 2.10. The molecule has 1 fully saturated rings. The Bertz CT molecular complexity index is 1350. The van der Waals surface area contributed by atoms with Crippen LogP contribution in [0.1, 0.15) is 18.6 Å². The first kappa shape index (κ1) is 27.3. The van der Waals surface area contributed by atoms with E-state index in [-0.39, 0.29) is 0 Å². The fourth-order valence-electron chi connectivity index (χ4n) is 4.16. The number of fused-ring (bicyclic) bond motifs is 1. The van der Waals surface area contributed by atoms with Crippen LogP contribution >= 0.6 is 0 Å². The van der Waals surface area contributed by atoms with Gasteiger partial charge in [-0.25, -0.2) is 24.5 Å². The highest BCUT2D eigenvalue weighted by Gasteiger charge is 2.21. The largest absolute Gasteiger partial charge is 0.478 e. The molecule has 3 N–H and O–H groups in total. The van der Waals surface area contributed by atoms with Gasteiger partial charge in [0.1, 0.15) is 12.4 Å². The fourth-order valence-corrected chi connectivity index (χ4v) is 4.16. The average molecular weight is 535 g/mol. The topological polar surface area (TPSA) is 156 Å². The lowest BCUT2D eigenvalue weighted by atomic mass is 10.1. The number of anilines is 1. The van der Waals surface area contributed by atoms with Crippen LogP contribution in [0.3, 0.4) is 0 Å². The third-order valence-corrected chi connectivity index (χ3v) is 6.02. The predicted octanol–water partition coefficient (Wildman–Crippen LogP) is 3.13. The maximum Gasteiger partial charge on any atom is 0.328 e. The minimum Gasteiger partial charge on any atom is -0.478 e. The molecule has 0 saturated carbocycles. The number of carboxylic acid groups (broad SMARTS) is 2. The zero-order chi connectivity index (χ0) is 27.5. The second-order valence-corrected chi connectivity index (χ2v) is 8.74. The molecule has 5 rings (SSSR count). The molecule has 4 aromatic rings. The molecule has 0 amide bonds. The van der Waals surface area contributed by atoms with Gasteiger partial charge in [-0.05, 0) is 43.2 Å². The molecule has 204 valence electrons. The Balaban J connectivity index is 0.000000386. The van der Waals surface area contributed by atoms with Crippen molar-refractivity contribution in [1.82, 2.24) is 24.4 Å². The minimum atomic E-state index is -1.26. The molecule has 0 aliphatic carbocycles. The Morgan fingerprint density at radius 2 is 1.74 bits per heavy atom. The summed E-state index contributed by atoms with van der Waals surface area (Å²) in [5.74, 6) is -0.691. The highest BCUT2D eigenvalue weighted by Crippen LogP contribution is 2.24. The Morgan fingerprint density at radius 1 is 1.03 bits per heavy atom. The van der Waals surface area contributed by atoms with E-state index < -0.39 is 11.9 Å². The second kappa shape index (κ2) is 13.7. The van der Waals surface area contributed by atoms with Crippen LogP contribution in [0.5, 0.6) is 6.01 Å². The number of carboxylic acids is 2. The normalized spacial score (nSPS) is 14.2. The standard InChI is InChI=1S/C23H26N6O2.C4H4O4/c1-2-7-21-20(6-1)27-22(29(21)17-19-5-3-15-30-19)26-18-8-12-28(13-9-18)14-16-31-23-24-10-4-11-25-23;5-3(6)1-2-4(7)8/h1-7,10-11,15,18H,8-9,12-14,16-17H2,(H,26,27);1-2H,(H,5,6)(H,7,8)/b;2-1+. The van der Waals surface area contributed by atoms with Gasteiger partial charge in [-0.1, -0.05) is 12.1 Å². The number of hydrogen-bond acceptors (Lipinski definition) is 9. The zero-order valence-electron chi connectivity index (χ0n) is 21.2. The molecular formula is C27H30N6O6. The van der Waals surface area contributed by atoms with Crippen molar-refractivity contribution < 1.29 is 29.0 Å². The van der Waals surface area contributed by atoms with Gasteiger partial charge in [-0.15, -0.1) is 0 Å². The first-order valence-electron chi connectivity index (χ1n) is 12.5. The maximum absolute atomic E-state index is 9.55. The molecule has 1 saturated heterocycles. The number of ether oxygens (including phenoxy) is 1. The van der Waals surface area contributed by atoms with Gasteiger partial charge in [0, 0.05) is 50.2 Å². The quantitative estimate of drug-likeness (QED) is 0.257. The van der Waals surface area contributed by atoms with Crippen molar-refractivity contribution in [2.45, 2.75) is 25.4 Å². The molecule has 0 unspecified atom stereocenters. The van der Waals surface area contributed by atoms with Gasteiger partial charge < -0.3 is 29.3 Å². The lowest BCUT2D eigenvalue weighted by Gasteiger charge is -2.32. The maximum atomic E-state index is 9.55. The van der Waals surface area contributed by atoms with Crippen molar-refractivity contribution in [3.05, 3.63) is 79.0 Å². The fraction of sp³-hybridized carbons (Fsp3) is 0.296. The number of carbonyl (C=O) groups is 2. The van der Waals surface area contributed by atoms with Gasteiger partial charge in [0.15, 0.2) is 0 Å². The van der Waals surface area contributed by atoms with Crippen LogP contribution in [0.2, 0.25) is 0 Å². The number of imidazole rings is 1. The monoisotopic (exact) mass is 534 g/mol. The molecule has 0 radical (unpaired) electrons. The number of furan rings is 1. The van der Waals surface area contributed by atoms with Crippen molar-refractivity contribution >= 4 is 28.9 Å². The summed E-state index contributed by atoms with van der Waals surface area (Å²) in [6, 6.07) is 14.8. The van der Waals surface area contributed by atoms with Crippen LogP contribution in [0.15, 0.2) is 77.7 Å². The first-order chi connectivity index (χ1) is 19.0. The number of aromatic nitrogens is 4. The van der Waals surface area contributed by atoms with Crippen LogP contribution in [0.4, 0.5) is 5.95 Å². The molecule has 39 heavy (non-hydrogen) atoms. The van der Waals surface area contributed by atoms with Crippen molar-refractivity contribution in [2.75, 3.05) is 31.6 Å². The summed E-state index contributed by atoms with van der Waals surface area (Å²) in [5, 5.41) is 19.3. The lowest BCUT2D eigenvalue weighted by Crippen LogP contribution is -2.41. The molecule has 1 aliphatic rings. The molecule has 0 atom stereocenters. The summed E-state index contributed by atoms with van der Waals surface area (Å²) >= 11 is 0. The third kappa shape index (κ3) is 8.40. The van der Waals surface area contributed by atoms with Crippen LogP contribution < -0.4 is 10.1 Å². The number of nitrogens with zero attached hydrogens (tertiary/aromatic N) is 5. The number of aliphatic carboxylic acids is 2. The SMILES string of the molecule is O=C(O)/C=C/C(=O)O.c1cnc(OCCN2CCC(Nc3nc4ccccc4n3Cc3ccco3)CC2)nc1. The minimum absolute atomic E-state index is 0.391. The number of piperidine rings is 1. The summed E-state index contributed by atoms with van der Waals surface area (Å²) in [6.45, 7) is 4.18. The predicted molar refractivity (Wildman–Crippen MR) is 143 cm³/mol. The average Bonchev–Trinajstić information content (AvgIpc) is 3.58. The summed E-state index contributed by atoms with van der Waals surface area (Å²) in [7, 11) is 0. The van der Waals surface area contributed by atoms with Gasteiger partial charge >= 0.3 is 17.9 Å². The van der Waals surface area contributed by atoms with Crippen molar-refractivity contribution in [3.63, 3.8) is 0 Å². The first-order valence-corrected chi connectivity index (χ1v) is 12.5. The van der Waals surface area contributed by atoms with E-state index >= 15 is 0 Å². The molecule has 0 spiro atoms. The van der Waals surface area contributed by atoms with Crippen LogP contribution in [-0.4, -0.2) is 78.9 Å². The van der Waals surface area contributed by atoms with Crippen LogP contribution in [0, 0.1) is 0 Å². The molecule has 12 nitrogen and oxygen atoms in total. The molecule has 3 aromatic heterocycles. The number of nitrogens with one attached hydrogen (secondary N) is 1. The zero-order valence-corrected chi connectivity index (χ0v) is 21.2. The number of rotatable bonds is 10. The molecular weight excluding hydrogens is 504 g/mol. The third-order valence-electron chi connectivity index (χ3n) is 6.02. The van der Waals surface area contributed by atoms with Crippen LogP contribution in [-0.2, 0) is 16.1 Å².